The molecule has 6 heteroatoms. The second-order valence-electron chi connectivity index (χ2n) is 5.20. The molecular formula is C16H20N4O2. The Kier molecular flexibility index (Phi) is 4.39. The van der Waals surface area contributed by atoms with E-state index in [0.29, 0.717) is 11.8 Å². The molecule has 3 rings (SSSR count). The zero-order valence-corrected chi connectivity index (χ0v) is 12.8. The Morgan fingerprint density at radius 2 is 2.05 bits per heavy atom. The van der Waals surface area contributed by atoms with Gasteiger partial charge in [0.25, 0.3) is 0 Å². The number of aromatic nitrogens is 2. The second-order valence-corrected chi connectivity index (χ2v) is 5.20. The lowest BCUT2D eigenvalue weighted by Gasteiger charge is -2.12. The van der Waals surface area contributed by atoms with Gasteiger partial charge >= 0.3 is 0 Å². The number of hydrogen-bond donors (Lipinski definition) is 2. The first-order chi connectivity index (χ1) is 10.8. The second kappa shape index (κ2) is 6.62. The van der Waals surface area contributed by atoms with Crippen molar-refractivity contribution in [3.8, 4) is 22.8 Å². The molecule has 0 spiro atoms. The molecule has 1 aliphatic heterocycles. The van der Waals surface area contributed by atoms with Crippen molar-refractivity contribution in [3.63, 3.8) is 0 Å². The minimum atomic E-state index is 0.427. The summed E-state index contributed by atoms with van der Waals surface area (Å²) in [5.74, 6) is 2.26. The zero-order valence-electron chi connectivity index (χ0n) is 12.8. The molecule has 1 unspecified atom stereocenters. The summed E-state index contributed by atoms with van der Waals surface area (Å²) < 4.78 is 10.6. The average Bonchev–Trinajstić information content (AvgIpc) is 3.08. The van der Waals surface area contributed by atoms with Crippen molar-refractivity contribution in [2.45, 2.75) is 12.5 Å². The molecule has 2 heterocycles. The predicted molar refractivity (Wildman–Crippen MR) is 85.5 cm³/mol. The van der Waals surface area contributed by atoms with Gasteiger partial charge in [-0.15, -0.1) is 10.2 Å². The molecule has 2 N–H and O–H groups in total. The van der Waals surface area contributed by atoms with Gasteiger partial charge in [-0.1, -0.05) is 0 Å². The molecule has 1 fully saturated rings. The van der Waals surface area contributed by atoms with Gasteiger partial charge in [0.2, 0.25) is 0 Å². The van der Waals surface area contributed by atoms with Crippen LogP contribution in [0.3, 0.4) is 0 Å². The number of ether oxygens (including phenoxy) is 2. The molecule has 22 heavy (non-hydrogen) atoms. The quantitative estimate of drug-likeness (QED) is 0.879. The minimum absolute atomic E-state index is 0.427. The van der Waals surface area contributed by atoms with Gasteiger partial charge in [-0.05, 0) is 37.2 Å². The van der Waals surface area contributed by atoms with E-state index in [1.54, 1.807) is 14.2 Å². The molecule has 1 saturated heterocycles. The standard InChI is InChI=1S/C16H20N4O2/c1-21-12-3-4-13(15(9-12)22-2)14-5-6-16(20-19-14)18-11-7-8-17-10-11/h3-6,9,11,17H,7-8,10H2,1-2H3,(H,18,20). The Hall–Kier alpha value is -2.34. The fourth-order valence-electron chi connectivity index (χ4n) is 2.55. The van der Waals surface area contributed by atoms with Crippen molar-refractivity contribution in [3.05, 3.63) is 30.3 Å². The van der Waals surface area contributed by atoms with Crippen LogP contribution in [0.25, 0.3) is 11.3 Å². The molecule has 1 aliphatic rings. The van der Waals surface area contributed by atoms with Crippen LogP contribution in [0.4, 0.5) is 5.82 Å². The number of rotatable bonds is 5. The first-order valence-corrected chi connectivity index (χ1v) is 7.33. The van der Waals surface area contributed by atoms with E-state index in [4.69, 9.17) is 9.47 Å². The van der Waals surface area contributed by atoms with E-state index in [-0.39, 0.29) is 0 Å². The number of hydrogen-bond acceptors (Lipinski definition) is 6. The van der Waals surface area contributed by atoms with Crippen LogP contribution in [0, 0.1) is 0 Å². The molecule has 0 aliphatic carbocycles. The molecular weight excluding hydrogens is 280 g/mol. The normalized spacial score (nSPS) is 17.3. The highest BCUT2D eigenvalue weighted by molar-refractivity contribution is 5.68. The lowest BCUT2D eigenvalue weighted by molar-refractivity contribution is 0.395. The molecule has 2 aromatic rings. The van der Waals surface area contributed by atoms with Gasteiger partial charge in [0.1, 0.15) is 17.3 Å². The maximum Gasteiger partial charge on any atom is 0.148 e. The van der Waals surface area contributed by atoms with E-state index in [1.807, 2.05) is 30.3 Å². The van der Waals surface area contributed by atoms with E-state index in [9.17, 15) is 0 Å². The number of anilines is 1. The fourth-order valence-corrected chi connectivity index (χ4v) is 2.55. The molecule has 0 saturated carbocycles. The Balaban J connectivity index is 1.80. The van der Waals surface area contributed by atoms with Gasteiger partial charge in [0.05, 0.1) is 19.9 Å². The molecule has 1 aromatic carbocycles. The SMILES string of the molecule is COc1ccc(-c2ccc(NC3CCNC3)nn2)c(OC)c1. The van der Waals surface area contributed by atoms with E-state index >= 15 is 0 Å². The van der Waals surface area contributed by atoms with E-state index in [0.717, 1.165) is 42.3 Å². The van der Waals surface area contributed by atoms with Gasteiger partial charge in [-0.2, -0.15) is 0 Å². The summed E-state index contributed by atoms with van der Waals surface area (Å²) in [4.78, 5) is 0. The third-order valence-electron chi connectivity index (χ3n) is 3.76. The number of nitrogens with zero attached hydrogens (tertiary/aromatic N) is 2. The van der Waals surface area contributed by atoms with Crippen LogP contribution >= 0.6 is 0 Å². The molecule has 0 bridgehead atoms. The van der Waals surface area contributed by atoms with Gasteiger partial charge < -0.3 is 20.1 Å². The van der Waals surface area contributed by atoms with Crippen molar-refractivity contribution >= 4 is 5.82 Å². The predicted octanol–water partition coefficient (Wildman–Crippen LogP) is 1.93. The maximum absolute atomic E-state index is 5.41. The highest BCUT2D eigenvalue weighted by atomic mass is 16.5. The van der Waals surface area contributed by atoms with Crippen molar-refractivity contribution < 1.29 is 9.47 Å². The van der Waals surface area contributed by atoms with Gasteiger partial charge in [0.15, 0.2) is 0 Å². The van der Waals surface area contributed by atoms with Gasteiger partial charge in [0, 0.05) is 24.2 Å². The van der Waals surface area contributed by atoms with E-state index in [2.05, 4.69) is 20.8 Å². The molecule has 1 aromatic heterocycles. The lowest BCUT2D eigenvalue weighted by Crippen LogP contribution is -2.22. The fraction of sp³-hybridized carbons (Fsp3) is 0.375. The lowest BCUT2D eigenvalue weighted by atomic mass is 10.1. The summed E-state index contributed by atoms with van der Waals surface area (Å²) in [6.07, 6.45) is 1.11. The highest BCUT2D eigenvalue weighted by Crippen LogP contribution is 2.32. The van der Waals surface area contributed by atoms with Crippen molar-refractivity contribution in [2.75, 3.05) is 32.6 Å². The summed E-state index contributed by atoms with van der Waals surface area (Å²) in [7, 11) is 3.27. The van der Waals surface area contributed by atoms with Crippen LogP contribution in [0.1, 0.15) is 6.42 Å². The van der Waals surface area contributed by atoms with E-state index < -0.39 is 0 Å². The monoisotopic (exact) mass is 300 g/mol. The number of benzene rings is 1. The Morgan fingerprint density at radius 3 is 2.68 bits per heavy atom. The highest BCUT2D eigenvalue weighted by Gasteiger charge is 2.15. The minimum Gasteiger partial charge on any atom is -0.497 e. The number of methoxy groups -OCH3 is 2. The average molecular weight is 300 g/mol. The first-order valence-electron chi connectivity index (χ1n) is 7.33. The topological polar surface area (TPSA) is 68.3 Å². The van der Waals surface area contributed by atoms with Crippen LogP contribution in [0.5, 0.6) is 11.5 Å². The molecule has 116 valence electrons. The maximum atomic E-state index is 5.41. The van der Waals surface area contributed by atoms with Crippen LogP contribution in [-0.2, 0) is 0 Å². The Morgan fingerprint density at radius 1 is 1.14 bits per heavy atom. The third-order valence-corrected chi connectivity index (χ3v) is 3.76. The van der Waals surface area contributed by atoms with Gasteiger partial charge in [-0.25, -0.2) is 0 Å². The Labute approximate surface area is 129 Å². The van der Waals surface area contributed by atoms with Crippen molar-refractivity contribution in [1.82, 2.24) is 15.5 Å². The van der Waals surface area contributed by atoms with E-state index in [1.165, 1.54) is 0 Å². The van der Waals surface area contributed by atoms with Crippen LogP contribution < -0.4 is 20.1 Å². The van der Waals surface area contributed by atoms with Crippen LogP contribution in [0.15, 0.2) is 30.3 Å². The summed E-state index contributed by atoms with van der Waals surface area (Å²) in [5, 5.41) is 15.3. The van der Waals surface area contributed by atoms with Crippen LogP contribution in [0.2, 0.25) is 0 Å². The smallest absolute Gasteiger partial charge is 0.148 e. The molecule has 0 radical (unpaired) electrons. The Bertz CT molecular complexity index is 625. The summed E-state index contributed by atoms with van der Waals surface area (Å²) >= 11 is 0. The summed E-state index contributed by atoms with van der Waals surface area (Å²) in [5.41, 5.74) is 1.67. The van der Waals surface area contributed by atoms with Crippen molar-refractivity contribution in [2.24, 2.45) is 0 Å². The molecule has 0 amide bonds. The van der Waals surface area contributed by atoms with Crippen molar-refractivity contribution in [1.29, 1.82) is 0 Å². The third kappa shape index (κ3) is 3.12. The van der Waals surface area contributed by atoms with Crippen LogP contribution in [-0.4, -0.2) is 43.5 Å². The molecule has 1 atom stereocenters. The molecule has 6 nitrogen and oxygen atoms in total. The zero-order chi connectivity index (χ0) is 15.4. The summed E-state index contributed by atoms with van der Waals surface area (Å²) in [6.45, 7) is 2.02. The number of nitrogens with one attached hydrogen (secondary N) is 2. The first kappa shape index (κ1) is 14.6. The largest absolute Gasteiger partial charge is 0.497 e. The summed E-state index contributed by atoms with van der Waals surface area (Å²) in [6, 6.07) is 9.97. The van der Waals surface area contributed by atoms with Gasteiger partial charge in [-0.3, -0.25) is 0 Å².